The molecule has 4 amide bonds. The number of carbonyl (C=O) groups is 4. The lowest BCUT2D eigenvalue weighted by molar-refractivity contribution is -0.152. The summed E-state index contributed by atoms with van der Waals surface area (Å²) in [5, 5.41) is 25.5. The number of carbonyl (C=O) groups excluding carboxylic acids is 4. The number of amides is 4. The number of unbranched alkanes of at least 4 members (excludes halogenated alkanes) is 2. The second-order valence-electron chi connectivity index (χ2n) is 12.2. The molecule has 3 rings (SSSR count). The Labute approximate surface area is 330 Å². The van der Waals surface area contributed by atoms with Gasteiger partial charge in [-0.15, -0.1) is 10.2 Å². The minimum Gasteiger partial charge on any atom is -0.494 e. The summed E-state index contributed by atoms with van der Waals surface area (Å²) in [5.41, 5.74) is 2.72. The topological polar surface area (TPSA) is 207 Å². The number of methoxy groups -OCH3 is 3. The number of hydrogen-bond acceptors (Lipinski definition) is 13. The third-order valence-electron chi connectivity index (χ3n) is 8.00. The largest absolute Gasteiger partial charge is 0.494 e. The molecule has 0 spiro atoms. The molecule has 17 nitrogen and oxygen atoms in total. The van der Waals surface area contributed by atoms with Crippen molar-refractivity contribution in [2.24, 2.45) is 20.5 Å². The van der Waals surface area contributed by atoms with Crippen molar-refractivity contribution in [3.8, 4) is 11.5 Å². The molecular formula is C39H53N9O8. The van der Waals surface area contributed by atoms with Crippen molar-refractivity contribution in [3.05, 3.63) is 60.9 Å². The van der Waals surface area contributed by atoms with Crippen LogP contribution in [0.1, 0.15) is 61.5 Å². The fourth-order valence-electron chi connectivity index (χ4n) is 5.05. The first kappa shape index (κ1) is 41.2. The van der Waals surface area contributed by atoms with Crippen molar-refractivity contribution in [3.63, 3.8) is 0 Å². The zero-order valence-electron chi connectivity index (χ0n) is 34.4. The van der Waals surface area contributed by atoms with Gasteiger partial charge in [0.05, 0.1) is 47.9 Å². The number of ether oxygens (including phenoxy) is 4. The highest BCUT2D eigenvalue weighted by Gasteiger charge is 2.18. The third kappa shape index (κ3) is 15.8. The Morgan fingerprint density at radius 1 is 0.804 bits per heavy atom. The van der Waals surface area contributed by atoms with Gasteiger partial charge < -0.3 is 34.9 Å². The number of urea groups is 1. The number of nitrogens with zero attached hydrogens (tertiary/aromatic N) is 6. The zero-order chi connectivity index (χ0) is 42.1. The van der Waals surface area contributed by atoms with E-state index in [9.17, 15) is 19.2 Å². The van der Waals surface area contributed by atoms with E-state index in [1.165, 1.54) is 14.2 Å². The van der Waals surface area contributed by atoms with E-state index in [0.717, 1.165) is 6.42 Å². The van der Waals surface area contributed by atoms with Crippen molar-refractivity contribution in [2.45, 2.75) is 64.9 Å². The van der Waals surface area contributed by atoms with Gasteiger partial charge in [0.15, 0.2) is 0 Å². The van der Waals surface area contributed by atoms with Crippen molar-refractivity contribution in [1.82, 2.24) is 20.9 Å². The van der Waals surface area contributed by atoms with Crippen LogP contribution >= 0.6 is 0 Å². The number of benzene rings is 2. The third-order valence-corrected chi connectivity index (χ3v) is 8.00. The van der Waals surface area contributed by atoms with Gasteiger partial charge in [0.2, 0.25) is 11.8 Å². The molecule has 3 aromatic rings. The Bertz CT molecular complexity index is 1800. The first-order valence-corrected chi connectivity index (χ1v) is 18.4. The maximum Gasteiger partial charge on any atom is 0.321 e. The molecule has 0 saturated carbocycles. The van der Waals surface area contributed by atoms with Crippen LogP contribution in [0, 0.1) is 0 Å². The minimum atomic E-state index is -1.58. The maximum absolute atomic E-state index is 13.0. The molecule has 0 aliphatic heterocycles. The zero-order valence-corrected chi connectivity index (χ0v) is 32.4. The number of azo groups is 2. The predicted molar refractivity (Wildman–Crippen MR) is 211 cm³/mol. The van der Waals surface area contributed by atoms with Crippen molar-refractivity contribution in [2.75, 3.05) is 59.0 Å². The van der Waals surface area contributed by atoms with Gasteiger partial charge in [0.1, 0.15) is 29.0 Å². The van der Waals surface area contributed by atoms with Crippen LogP contribution in [-0.4, -0.2) is 89.0 Å². The number of anilines is 1. The summed E-state index contributed by atoms with van der Waals surface area (Å²) in [7, 11) is 1.45. The van der Waals surface area contributed by atoms with E-state index in [1.54, 1.807) is 65.8 Å². The number of rotatable bonds is 24. The van der Waals surface area contributed by atoms with Crippen LogP contribution in [0.25, 0.3) is 0 Å². The predicted octanol–water partition coefficient (Wildman–Crippen LogP) is 7.01. The maximum atomic E-state index is 13.0. The number of aromatic nitrogens is 1. The molecule has 1 aromatic heterocycles. The molecule has 1 heterocycles. The summed E-state index contributed by atoms with van der Waals surface area (Å²) in [4.78, 5) is 55.0. The molecule has 302 valence electrons. The number of esters is 1. The fourth-order valence-corrected chi connectivity index (χ4v) is 5.05. The SMILES string of the molecule is [2H]C([3H])OCC(CNC(=O)CCCCCNC(=O)N(CC)c1ccc(N=Nc2cc(OC)c(N=Nc3ccncc3)cc2OC)cc1)OC(=O)CCC(=O)NCCC. The van der Waals surface area contributed by atoms with E-state index in [4.69, 9.17) is 21.7 Å². The Balaban J connectivity index is 1.42. The van der Waals surface area contributed by atoms with Gasteiger partial charge in [0.25, 0.3) is 0 Å². The molecule has 17 heteroatoms. The number of hydrogen-bond donors (Lipinski definition) is 3. The highest BCUT2D eigenvalue weighted by Crippen LogP contribution is 2.41. The van der Waals surface area contributed by atoms with E-state index < -0.39 is 19.1 Å². The van der Waals surface area contributed by atoms with Crippen LogP contribution in [0.5, 0.6) is 11.5 Å². The number of pyridine rings is 1. The van der Waals surface area contributed by atoms with Crippen LogP contribution in [0.4, 0.5) is 33.2 Å². The van der Waals surface area contributed by atoms with Gasteiger partial charge in [-0.2, -0.15) is 10.2 Å². The van der Waals surface area contributed by atoms with E-state index in [-0.39, 0.29) is 50.3 Å². The molecule has 0 bridgehead atoms. The molecular weight excluding hydrogens is 722 g/mol. The number of nitrogens with one attached hydrogen (secondary N) is 3. The van der Waals surface area contributed by atoms with Gasteiger partial charge in [-0.25, -0.2) is 4.79 Å². The van der Waals surface area contributed by atoms with Crippen LogP contribution in [0.15, 0.2) is 81.4 Å². The van der Waals surface area contributed by atoms with Gasteiger partial charge in [-0.1, -0.05) is 13.3 Å². The molecule has 2 unspecified atom stereocenters. The minimum absolute atomic E-state index is 0.0363. The lowest BCUT2D eigenvalue weighted by Crippen LogP contribution is -2.40. The van der Waals surface area contributed by atoms with E-state index in [1.807, 2.05) is 13.8 Å². The standard InChI is InChI=1S/C39H53N9O8/c1-6-20-41-37(50)16-17-38(51)56-31(27-53-3)26-43-36(49)11-9-8-10-21-42-39(52)48(7-2)30-14-12-28(13-15-30)44-46-32-24-35(55-5)33(25-34(32)54-4)47-45-29-18-22-40-23-19-29/h12-15,18-19,22-25,31H,6-11,16-17,20-21,26-27H2,1-5H3,(H,41,50)(H,42,52)(H,43,49)/i3TD. The van der Waals surface area contributed by atoms with Crippen molar-refractivity contribution in [1.29, 1.82) is 0 Å². The van der Waals surface area contributed by atoms with Crippen LogP contribution in [-0.2, 0) is 23.9 Å². The first-order chi connectivity index (χ1) is 28.1. The molecule has 0 aliphatic carbocycles. The second-order valence-corrected chi connectivity index (χ2v) is 12.2. The Hall–Kier alpha value is -5.97. The molecule has 0 fully saturated rings. The summed E-state index contributed by atoms with van der Waals surface area (Å²) >= 11 is 0. The summed E-state index contributed by atoms with van der Waals surface area (Å²) in [6.45, 7) is 4.82. The highest BCUT2D eigenvalue weighted by atomic mass is 16.6. The van der Waals surface area contributed by atoms with Gasteiger partial charge >= 0.3 is 12.0 Å². The first-order valence-electron chi connectivity index (χ1n) is 19.6. The smallest absolute Gasteiger partial charge is 0.321 e. The van der Waals surface area contributed by atoms with E-state index >= 15 is 0 Å². The highest BCUT2D eigenvalue weighted by molar-refractivity contribution is 5.92. The molecule has 0 saturated heterocycles. The van der Waals surface area contributed by atoms with Crippen LogP contribution in [0.3, 0.4) is 0 Å². The lowest BCUT2D eigenvalue weighted by Gasteiger charge is -2.21. The summed E-state index contributed by atoms with van der Waals surface area (Å²) < 4.78 is 35.8. The van der Waals surface area contributed by atoms with Crippen LogP contribution in [0.2, 0.25) is 0 Å². The molecule has 0 radical (unpaired) electrons. The van der Waals surface area contributed by atoms with Crippen molar-refractivity contribution >= 4 is 52.3 Å². The Morgan fingerprint density at radius 3 is 2.05 bits per heavy atom. The Morgan fingerprint density at radius 2 is 1.45 bits per heavy atom. The summed E-state index contributed by atoms with van der Waals surface area (Å²) in [6.07, 6.45) is 5.02. The lowest BCUT2D eigenvalue weighted by atomic mass is 10.2. The molecule has 2 aromatic carbocycles. The average molecular weight is 779 g/mol. The Kier molecular flexibility index (Phi) is 18.5. The normalized spacial score (nSPS) is 12.6. The molecule has 3 N–H and O–H groups in total. The molecule has 2 atom stereocenters. The van der Waals surface area contributed by atoms with Crippen molar-refractivity contribution < 1.29 is 40.9 Å². The van der Waals surface area contributed by atoms with Gasteiger partial charge in [-0.05, 0) is 62.6 Å². The van der Waals surface area contributed by atoms with Gasteiger partial charge in [-0.3, -0.25) is 24.3 Å². The average Bonchev–Trinajstić information content (AvgIpc) is 3.23. The molecule has 0 aliphatic rings. The summed E-state index contributed by atoms with van der Waals surface area (Å²) in [5.74, 6) is -0.331. The monoisotopic (exact) mass is 778 g/mol. The quantitative estimate of drug-likeness (QED) is 0.0485. The van der Waals surface area contributed by atoms with Crippen LogP contribution < -0.4 is 30.3 Å². The second kappa shape index (κ2) is 25.2. The van der Waals surface area contributed by atoms with Gasteiger partial charge in [0, 0.05) is 69.8 Å². The molecule has 56 heavy (non-hydrogen) atoms. The van der Waals surface area contributed by atoms with E-state index in [0.29, 0.717) is 78.8 Å². The summed E-state index contributed by atoms with van der Waals surface area (Å²) in [6, 6.07) is 13.6. The van der Waals surface area contributed by atoms with E-state index in [2.05, 4.69) is 41.4 Å². The fraction of sp³-hybridized carbons (Fsp3) is 0.462.